The van der Waals surface area contributed by atoms with E-state index in [1.807, 2.05) is 36.0 Å². The van der Waals surface area contributed by atoms with Crippen LogP contribution in [0.1, 0.15) is 37.7 Å². The van der Waals surface area contributed by atoms with Crippen molar-refractivity contribution < 1.29 is 4.79 Å². The second kappa shape index (κ2) is 7.20. The van der Waals surface area contributed by atoms with Crippen LogP contribution in [-0.4, -0.2) is 16.8 Å². The summed E-state index contributed by atoms with van der Waals surface area (Å²) in [5.41, 5.74) is 1.06. The van der Waals surface area contributed by atoms with Crippen LogP contribution in [-0.2, 0) is 11.2 Å². The van der Waals surface area contributed by atoms with Gasteiger partial charge in [0.15, 0.2) is 0 Å². The zero-order valence-corrected chi connectivity index (χ0v) is 12.1. The molecule has 1 aliphatic rings. The molecule has 1 saturated carbocycles. The molecule has 1 fully saturated rings. The summed E-state index contributed by atoms with van der Waals surface area (Å²) >= 11 is 7.67. The van der Waals surface area contributed by atoms with Crippen LogP contribution in [0, 0.1) is 0 Å². The number of carbonyl (C=O) groups excluding carboxylic acids is 1. The second-order valence-corrected chi connectivity index (χ2v) is 6.64. The van der Waals surface area contributed by atoms with Gasteiger partial charge in [-0.25, -0.2) is 0 Å². The fraction of sp³-hybridized carbons (Fsp3) is 0.533. The smallest absolute Gasteiger partial charge is 0.147 e. The number of Topliss-reactive ketones (excluding diaryl/α,β-unsaturated/α-hetero) is 1. The van der Waals surface area contributed by atoms with Gasteiger partial charge in [-0.15, -0.1) is 0 Å². The van der Waals surface area contributed by atoms with Crippen LogP contribution in [0.15, 0.2) is 24.3 Å². The Bertz CT molecular complexity index is 382. The van der Waals surface area contributed by atoms with Crippen molar-refractivity contribution in [3.8, 4) is 0 Å². The van der Waals surface area contributed by atoms with Gasteiger partial charge in [0.1, 0.15) is 5.78 Å². The molecule has 0 spiro atoms. The van der Waals surface area contributed by atoms with Gasteiger partial charge in [0.25, 0.3) is 0 Å². The minimum Gasteiger partial charge on any atom is -0.298 e. The average molecular weight is 283 g/mol. The Kier molecular flexibility index (Phi) is 5.58. The molecule has 1 aliphatic carbocycles. The lowest BCUT2D eigenvalue weighted by Crippen LogP contribution is -2.13. The number of benzene rings is 1. The van der Waals surface area contributed by atoms with Gasteiger partial charge >= 0.3 is 0 Å². The van der Waals surface area contributed by atoms with E-state index in [1.54, 1.807) is 0 Å². The summed E-state index contributed by atoms with van der Waals surface area (Å²) in [5, 5.41) is 1.44. The molecule has 0 aliphatic heterocycles. The van der Waals surface area contributed by atoms with Crippen LogP contribution in [0.2, 0.25) is 5.02 Å². The number of ketones is 1. The van der Waals surface area contributed by atoms with Crippen LogP contribution in [0.3, 0.4) is 0 Å². The lowest BCUT2D eigenvalue weighted by molar-refractivity contribution is -0.116. The number of hydrogen-bond donors (Lipinski definition) is 0. The average Bonchev–Trinajstić information content (AvgIpc) is 2.40. The van der Waals surface area contributed by atoms with Gasteiger partial charge in [-0.05, 0) is 30.5 Å². The molecule has 98 valence electrons. The third kappa shape index (κ3) is 4.66. The third-order valence-corrected chi connectivity index (χ3v) is 5.03. The minimum atomic E-state index is 0.327. The van der Waals surface area contributed by atoms with Gasteiger partial charge in [-0.2, -0.15) is 11.8 Å². The molecule has 0 unspecified atom stereocenters. The molecule has 0 radical (unpaired) electrons. The normalized spacial score (nSPS) is 16.7. The molecular weight excluding hydrogens is 264 g/mol. The monoisotopic (exact) mass is 282 g/mol. The zero-order valence-electron chi connectivity index (χ0n) is 10.5. The molecule has 0 N–H and O–H groups in total. The maximum absolute atomic E-state index is 11.9. The molecule has 0 heterocycles. The van der Waals surface area contributed by atoms with Crippen molar-refractivity contribution in [1.82, 2.24) is 0 Å². The summed E-state index contributed by atoms with van der Waals surface area (Å²) in [6, 6.07) is 7.56. The predicted molar refractivity (Wildman–Crippen MR) is 79.5 cm³/mol. The molecule has 0 amide bonds. The van der Waals surface area contributed by atoms with Crippen LogP contribution < -0.4 is 0 Å². The van der Waals surface area contributed by atoms with E-state index in [0.717, 1.165) is 10.6 Å². The highest BCUT2D eigenvalue weighted by Crippen LogP contribution is 2.28. The molecular formula is C15H19ClOS. The first-order valence-corrected chi connectivity index (χ1v) is 8.04. The van der Waals surface area contributed by atoms with E-state index in [2.05, 4.69) is 0 Å². The van der Waals surface area contributed by atoms with E-state index in [1.165, 1.54) is 32.1 Å². The summed E-state index contributed by atoms with van der Waals surface area (Å²) < 4.78 is 0. The first-order chi connectivity index (χ1) is 8.74. The van der Waals surface area contributed by atoms with Gasteiger partial charge < -0.3 is 0 Å². The van der Waals surface area contributed by atoms with E-state index in [4.69, 9.17) is 11.6 Å². The van der Waals surface area contributed by atoms with Crippen molar-refractivity contribution in [1.29, 1.82) is 0 Å². The molecule has 0 saturated heterocycles. The zero-order chi connectivity index (χ0) is 12.8. The first-order valence-electron chi connectivity index (χ1n) is 6.62. The predicted octanol–water partition coefficient (Wildman–Crippen LogP) is 4.52. The van der Waals surface area contributed by atoms with Gasteiger partial charge in [0, 0.05) is 16.7 Å². The van der Waals surface area contributed by atoms with Crippen LogP contribution in [0.5, 0.6) is 0 Å². The van der Waals surface area contributed by atoms with E-state index in [9.17, 15) is 4.79 Å². The van der Waals surface area contributed by atoms with E-state index in [-0.39, 0.29) is 0 Å². The van der Waals surface area contributed by atoms with Crippen molar-refractivity contribution in [3.63, 3.8) is 0 Å². The molecule has 18 heavy (non-hydrogen) atoms. The summed E-state index contributed by atoms with van der Waals surface area (Å²) in [6.07, 6.45) is 7.16. The van der Waals surface area contributed by atoms with Crippen LogP contribution in [0.4, 0.5) is 0 Å². The molecule has 1 nitrogen and oxygen atoms in total. The van der Waals surface area contributed by atoms with Gasteiger partial charge in [0.05, 0.1) is 5.75 Å². The Hall–Kier alpha value is -0.470. The Morgan fingerprint density at radius 1 is 1.17 bits per heavy atom. The Morgan fingerprint density at radius 3 is 2.50 bits per heavy atom. The molecule has 1 aromatic rings. The van der Waals surface area contributed by atoms with Gasteiger partial charge in [-0.3, -0.25) is 4.79 Å². The summed E-state index contributed by atoms with van der Waals surface area (Å²) in [4.78, 5) is 11.9. The highest BCUT2D eigenvalue weighted by molar-refractivity contribution is 8.00. The van der Waals surface area contributed by atoms with Gasteiger partial charge in [0.2, 0.25) is 0 Å². The highest BCUT2D eigenvalue weighted by Gasteiger charge is 2.15. The summed E-state index contributed by atoms with van der Waals surface area (Å²) in [7, 11) is 0. The Labute approximate surface area is 118 Å². The van der Waals surface area contributed by atoms with Crippen LogP contribution >= 0.6 is 23.4 Å². The molecule has 0 aromatic heterocycles. The molecule has 1 aromatic carbocycles. The SMILES string of the molecule is O=C(CSC1CCCCC1)Cc1ccc(Cl)cc1. The minimum absolute atomic E-state index is 0.327. The van der Waals surface area contributed by atoms with Gasteiger partial charge in [-0.1, -0.05) is 43.0 Å². The molecule has 0 atom stereocenters. The number of carbonyl (C=O) groups is 1. The number of hydrogen-bond acceptors (Lipinski definition) is 2. The van der Waals surface area contributed by atoms with E-state index < -0.39 is 0 Å². The first kappa shape index (κ1) is 14.0. The van der Waals surface area contributed by atoms with E-state index >= 15 is 0 Å². The topological polar surface area (TPSA) is 17.1 Å². The second-order valence-electron chi connectivity index (χ2n) is 4.91. The quantitative estimate of drug-likeness (QED) is 0.790. The van der Waals surface area contributed by atoms with Crippen molar-refractivity contribution in [2.75, 3.05) is 5.75 Å². The van der Waals surface area contributed by atoms with Crippen molar-refractivity contribution in [3.05, 3.63) is 34.9 Å². The molecule has 2 rings (SSSR count). The molecule has 0 bridgehead atoms. The fourth-order valence-electron chi connectivity index (χ4n) is 2.32. The number of rotatable bonds is 5. The Morgan fingerprint density at radius 2 is 1.83 bits per heavy atom. The maximum Gasteiger partial charge on any atom is 0.147 e. The largest absolute Gasteiger partial charge is 0.298 e. The van der Waals surface area contributed by atoms with Crippen molar-refractivity contribution >= 4 is 29.1 Å². The Balaban J connectivity index is 1.73. The molecule has 3 heteroatoms. The summed E-state index contributed by atoms with van der Waals surface area (Å²) in [6.45, 7) is 0. The van der Waals surface area contributed by atoms with Crippen molar-refractivity contribution in [2.45, 2.75) is 43.8 Å². The van der Waals surface area contributed by atoms with E-state index in [0.29, 0.717) is 23.2 Å². The number of halogens is 1. The van der Waals surface area contributed by atoms with Crippen molar-refractivity contribution in [2.24, 2.45) is 0 Å². The lowest BCUT2D eigenvalue weighted by Gasteiger charge is -2.20. The third-order valence-electron chi connectivity index (χ3n) is 3.35. The summed E-state index contributed by atoms with van der Waals surface area (Å²) in [5.74, 6) is 0.987. The lowest BCUT2D eigenvalue weighted by atomic mass is 10.0. The fourth-order valence-corrected chi connectivity index (χ4v) is 3.64. The standard InChI is InChI=1S/C15H19ClOS/c16-13-8-6-12(7-9-13)10-14(17)11-18-15-4-2-1-3-5-15/h6-9,15H,1-5,10-11H2. The number of thioether (sulfide) groups is 1. The van der Waals surface area contributed by atoms with Crippen LogP contribution in [0.25, 0.3) is 0 Å². The maximum atomic E-state index is 11.9. The highest BCUT2D eigenvalue weighted by atomic mass is 35.5.